The standard InChI is InChI=1S/C16H25NO3.ClH/c1-12(2)17-10-16(8-14(18)15(19)9-16)11-20-13-6-4-3-5-7-13;/h3-7,12,14-15,17-19H,8-11H2,1-2H3;1H/t14-,15+,16?;. The molecule has 0 aliphatic heterocycles. The van der Waals surface area contributed by atoms with Gasteiger partial charge < -0.3 is 20.3 Å². The minimum absolute atomic E-state index is 0. The van der Waals surface area contributed by atoms with Crippen molar-refractivity contribution in [2.75, 3.05) is 13.2 Å². The third-order valence-corrected chi connectivity index (χ3v) is 3.90. The van der Waals surface area contributed by atoms with Crippen LogP contribution < -0.4 is 10.1 Å². The average Bonchev–Trinajstić information content (AvgIpc) is 2.72. The molecule has 3 N–H and O–H groups in total. The molecule has 1 aromatic carbocycles. The largest absolute Gasteiger partial charge is 0.493 e. The van der Waals surface area contributed by atoms with Crippen LogP contribution in [0.25, 0.3) is 0 Å². The van der Waals surface area contributed by atoms with Crippen molar-refractivity contribution in [2.45, 2.75) is 44.9 Å². The third-order valence-electron chi connectivity index (χ3n) is 3.90. The van der Waals surface area contributed by atoms with E-state index in [-0.39, 0.29) is 17.8 Å². The predicted molar refractivity (Wildman–Crippen MR) is 86.0 cm³/mol. The number of ether oxygens (including phenoxy) is 1. The van der Waals surface area contributed by atoms with Crippen LogP contribution in [0.5, 0.6) is 5.75 Å². The van der Waals surface area contributed by atoms with Gasteiger partial charge in [-0.2, -0.15) is 0 Å². The van der Waals surface area contributed by atoms with Gasteiger partial charge in [0.05, 0.1) is 18.8 Å². The molecule has 0 saturated heterocycles. The summed E-state index contributed by atoms with van der Waals surface area (Å²) in [7, 11) is 0. The number of hydrogen-bond donors (Lipinski definition) is 3. The van der Waals surface area contributed by atoms with Gasteiger partial charge in [-0.1, -0.05) is 32.0 Å². The van der Waals surface area contributed by atoms with Crippen molar-refractivity contribution in [3.8, 4) is 5.75 Å². The van der Waals surface area contributed by atoms with Crippen LogP contribution in [0.3, 0.4) is 0 Å². The van der Waals surface area contributed by atoms with E-state index < -0.39 is 12.2 Å². The van der Waals surface area contributed by atoms with Crippen molar-refractivity contribution >= 4 is 12.4 Å². The number of halogens is 1. The Bertz CT molecular complexity index is 403. The summed E-state index contributed by atoms with van der Waals surface area (Å²) in [5.74, 6) is 0.826. The highest BCUT2D eigenvalue weighted by atomic mass is 35.5. The Hall–Kier alpha value is -0.810. The zero-order chi connectivity index (χ0) is 14.6. The summed E-state index contributed by atoms with van der Waals surface area (Å²) in [6, 6.07) is 10.0. The molecule has 0 bridgehead atoms. The lowest BCUT2D eigenvalue weighted by atomic mass is 9.86. The molecule has 1 aliphatic rings. The van der Waals surface area contributed by atoms with Crippen LogP contribution in [-0.2, 0) is 0 Å². The first-order chi connectivity index (χ1) is 9.51. The normalized spacial score (nSPS) is 28.4. The van der Waals surface area contributed by atoms with Gasteiger partial charge in [0.15, 0.2) is 0 Å². The fourth-order valence-electron chi connectivity index (χ4n) is 2.73. The lowest BCUT2D eigenvalue weighted by Crippen LogP contribution is -2.40. The van der Waals surface area contributed by atoms with E-state index >= 15 is 0 Å². The summed E-state index contributed by atoms with van der Waals surface area (Å²) in [4.78, 5) is 0. The Morgan fingerprint density at radius 2 is 1.76 bits per heavy atom. The number of aliphatic hydroxyl groups is 2. The van der Waals surface area contributed by atoms with Crippen LogP contribution in [0.1, 0.15) is 26.7 Å². The Kier molecular flexibility index (Phi) is 6.94. The number of aliphatic hydroxyl groups excluding tert-OH is 2. The minimum Gasteiger partial charge on any atom is -0.493 e. The highest BCUT2D eigenvalue weighted by Crippen LogP contribution is 2.38. The lowest BCUT2D eigenvalue weighted by Gasteiger charge is -2.30. The van der Waals surface area contributed by atoms with Crippen molar-refractivity contribution in [3.63, 3.8) is 0 Å². The molecule has 3 atom stereocenters. The van der Waals surface area contributed by atoms with Gasteiger partial charge in [-0.15, -0.1) is 12.4 Å². The Labute approximate surface area is 132 Å². The molecule has 0 amide bonds. The molecule has 1 aromatic rings. The Morgan fingerprint density at radius 1 is 1.19 bits per heavy atom. The summed E-state index contributed by atoms with van der Waals surface area (Å²) in [5.41, 5.74) is -0.209. The number of rotatable bonds is 6. The summed E-state index contributed by atoms with van der Waals surface area (Å²) >= 11 is 0. The molecule has 0 aromatic heterocycles. The van der Waals surface area contributed by atoms with Gasteiger partial charge >= 0.3 is 0 Å². The van der Waals surface area contributed by atoms with Crippen LogP contribution in [0.15, 0.2) is 30.3 Å². The summed E-state index contributed by atoms with van der Waals surface area (Å²) in [6.45, 7) is 5.43. The highest BCUT2D eigenvalue weighted by Gasteiger charge is 2.44. The van der Waals surface area contributed by atoms with Crippen molar-refractivity contribution in [2.24, 2.45) is 5.41 Å². The van der Waals surface area contributed by atoms with Gasteiger partial charge in [-0.05, 0) is 25.0 Å². The van der Waals surface area contributed by atoms with Crippen LogP contribution in [0, 0.1) is 5.41 Å². The van der Waals surface area contributed by atoms with Gasteiger partial charge in [0, 0.05) is 18.0 Å². The molecular formula is C16H26ClNO3. The maximum atomic E-state index is 9.86. The second kappa shape index (κ2) is 7.99. The molecule has 120 valence electrons. The van der Waals surface area contributed by atoms with E-state index in [1.54, 1.807) is 0 Å². The molecule has 1 aliphatic carbocycles. The van der Waals surface area contributed by atoms with E-state index in [4.69, 9.17) is 4.74 Å². The van der Waals surface area contributed by atoms with E-state index in [1.807, 2.05) is 30.3 Å². The first kappa shape index (κ1) is 18.2. The van der Waals surface area contributed by atoms with Crippen molar-refractivity contribution in [1.29, 1.82) is 0 Å². The second-order valence-corrected chi connectivity index (χ2v) is 6.18. The van der Waals surface area contributed by atoms with Gasteiger partial charge in [-0.25, -0.2) is 0 Å². The van der Waals surface area contributed by atoms with Crippen LogP contribution in [-0.4, -0.2) is 41.6 Å². The van der Waals surface area contributed by atoms with Crippen molar-refractivity contribution in [3.05, 3.63) is 30.3 Å². The van der Waals surface area contributed by atoms with Crippen LogP contribution in [0.2, 0.25) is 0 Å². The van der Waals surface area contributed by atoms with E-state index in [2.05, 4.69) is 19.2 Å². The minimum atomic E-state index is -0.650. The maximum Gasteiger partial charge on any atom is 0.119 e. The zero-order valence-electron chi connectivity index (χ0n) is 12.7. The first-order valence-electron chi connectivity index (χ1n) is 7.28. The molecule has 4 nitrogen and oxygen atoms in total. The molecule has 0 radical (unpaired) electrons. The molecule has 1 saturated carbocycles. The molecule has 1 unspecified atom stereocenters. The van der Waals surface area contributed by atoms with E-state index in [0.29, 0.717) is 25.5 Å². The van der Waals surface area contributed by atoms with Gasteiger partial charge in [0.2, 0.25) is 0 Å². The van der Waals surface area contributed by atoms with Crippen LogP contribution in [0.4, 0.5) is 0 Å². The fraction of sp³-hybridized carbons (Fsp3) is 0.625. The number of para-hydroxylation sites is 1. The van der Waals surface area contributed by atoms with Crippen molar-refractivity contribution in [1.82, 2.24) is 5.32 Å². The third kappa shape index (κ3) is 5.15. The summed E-state index contributed by atoms with van der Waals surface area (Å²) in [5, 5.41) is 23.1. The molecule has 0 heterocycles. The summed E-state index contributed by atoms with van der Waals surface area (Å²) < 4.78 is 5.86. The van der Waals surface area contributed by atoms with E-state index in [9.17, 15) is 10.2 Å². The van der Waals surface area contributed by atoms with Gasteiger partial charge in [-0.3, -0.25) is 0 Å². The van der Waals surface area contributed by atoms with Gasteiger partial charge in [0.1, 0.15) is 5.75 Å². The Balaban J connectivity index is 0.00000220. The van der Waals surface area contributed by atoms with Crippen LogP contribution >= 0.6 is 12.4 Å². The molecule has 2 rings (SSSR count). The van der Waals surface area contributed by atoms with Crippen molar-refractivity contribution < 1.29 is 14.9 Å². The quantitative estimate of drug-likeness (QED) is 0.751. The topological polar surface area (TPSA) is 61.7 Å². The zero-order valence-corrected chi connectivity index (χ0v) is 13.5. The molecule has 5 heteroatoms. The summed E-state index contributed by atoms with van der Waals surface area (Å²) in [6.07, 6.45) is -0.159. The smallest absolute Gasteiger partial charge is 0.119 e. The number of benzene rings is 1. The lowest BCUT2D eigenvalue weighted by molar-refractivity contribution is 0.0438. The monoisotopic (exact) mass is 315 g/mol. The predicted octanol–water partition coefficient (Wildman–Crippen LogP) is 1.99. The number of hydrogen-bond acceptors (Lipinski definition) is 4. The molecule has 0 spiro atoms. The fourth-order valence-corrected chi connectivity index (χ4v) is 2.73. The molecular weight excluding hydrogens is 290 g/mol. The second-order valence-electron chi connectivity index (χ2n) is 6.18. The first-order valence-corrected chi connectivity index (χ1v) is 7.28. The highest BCUT2D eigenvalue weighted by molar-refractivity contribution is 5.85. The SMILES string of the molecule is CC(C)NCC1(COc2ccccc2)C[C@@H](O)[C@@H](O)C1.Cl. The van der Waals surface area contributed by atoms with Gasteiger partial charge in [0.25, 0.3) is 0 Å². The molecule has 21 heavy (non-hydrogen) atoms. The number of nitrogens with one attached hydrogen (secondary N) is 1. The van der Waals surface area contributed by atoms with E-state index in [0.717, 1.165) is 12.3 Å². The average molecular weight is 316 g/mol. The Morgan fingerprint density at radius 3 is 2.29 bits per heavy atom. The molecule has 1 fully saturated rings. The maximum absolute atomic E-state index is 9.86. The van der Waals surface area contributed by atoms with E-state index in [1.165, 1.54) is 0 Å².